The second-order valence-corrected chi connectivity index (χ2v) is 22.8. The van der Waals surface area contributed by atoms with Gasteiger partial charge in [-0.3, -0.25) is 23.2 Å². The lowest BCUT2D eigenvalue weighted by Crippen LogP contribution is -2.36. The third kappa shape index (κ3) is 28.4. The van der Waals surface area contributed by atoms with Crippen molar-refractivity contribution in [1.82, 2.24) is 9.55 Å². The number of nitrogen functional groups attached to an aromatic ring is 1. The number of allylic oxidation sites excluding steroid dienone is 1. The molecule has 2 aliphatic rings. The number of carbonyl (C=O) groups is 2. The molecule has 0 bridgehead atoms. The summed E-state index contributed by atoms with van der Waals surface area (Å²) in [6.07, 6.45) is 28.8. The number of hydrogen-bond acceptors (Lipinski definition) is 16. The van der Waals surface area contributed by atoms with Gasteiger partial charge < -0.3 is 44.7 Å². The summed E-state index contributed by atoms with van der Waals surface area (Å²) >= 11 is 0. The number of aromatic nitrogens is 2. The first-order chi connectivity index (χ1) is 34.5. The summed E-state index contributed by atoms with van der Waals surface area (Å²) in [6, 6.07) is 1.25. The summed E-state index contributed by atoms with van der Waals surface area (Å²) in [5, 5.41) is 20.9. The Bertz CT molecular complexity index is 1840. The van der Waals surface area contributed by atoms with Gasteiger partial charge in [-0.2, -0.15) is 9.29 Å². The molecule has 0 amide bonds. The highest BCUT2D eigenvalue weighted by atomic mass is 31.3. The molecule has 0 radical (unpaired) electrons. The van der Waals surface area contributed by atoms with Gasteiger partial charge in [0.15, 0.2) is 12.3 Å². The molecular weight excluding hydrogens is 973 g/mol. The van der Waals surface area contributed by atoms with Crippen LogP contribution in [-0.2, 0) is 51.0 Å². The van der Waals surface area contributed by atoms with Crippen molar-refractivity contribution in [2.45, 2.75) is 250 Å². The molecule has 21 heteroatoms. The Morgan fingerprint density at radius 2 is 1.32 bits per heavy atom. The summed E-state index contributed by atoms with van der Waals surface area (Å²) in [5.41, 5.74) is 4.60. The van der Waals surface area contributed by atoms with E-state index in [0.29, 0.717) is 25.0 Å². The van der Waals surface area contributed by atoms with Gasteiger partial charge >= 0.3 is 33.3 Å². The Morgan fingerprint density at radius 3 is 1.93 bits per heavy atom. The molecule has 3 heterocycles. The highest BCUT2D eigenvalue weighted by molar-refractivity contribution is 7.61. The monoisotopic (exact) mass is 1060 g/mol. The minimum absolute atomic E-state index is 0.0491. The van der Waals surface area contributed by atoms with Gasteiger partial charge in [0.2, 0.25) is 0 Å². The van der Waals surface area contributed by atoms with Crippen LogP contribution in [0.3, 0.4) is 0 Å². The lowest BCUT2D eigenvalue weighted by molar-refractivity contribution is -0.161. The average molecular weight is 1060 g/mol. The minimum Gasteiger partial charge on any atom is -0.462 e. The Morgan fingerprint density at radius 1 is 0.736 bits per heavy atom. The van der Waals surface area contributed by atoms with Crippen LogP contribution in [0.5, 0.6) is 0 Å². The number of esters is 2. The molecule has 0 aromatic carbocycles. The Hall–Kier alpha value is -2.54. The van der Waals surface area contributed by atoms with Crippen molar-refractivity contribution in [1.29, 1.82) is 0 Å². The van der Waals surface area contributed by atoms with E-state index < -0.39 is 83.7 Å². The number of ether oxygens (including phenoxy) is 4. The third-order valence-electron chi connectivity index (χ3n) is 13.3. The molecule has 416 valence electrons. The maximum atomic E-state index is 12.9. The third-order valence-corrected chi connectivity index (χ3v) is 15.9. The van der Waals surface area contributed by atoms with Crippen LogP contribution in [-0.4, -0.2) is 97.9 Å². The summed E-state index contributed by atoms with van der Waals surface area (Å²) < 4.78 is 62.7. The Balaban J connectivity index is 1.37. The van der Waals surface area contributed by atoms with Crippen LogP contribution in [0.1, 0.15) is 213 Å². The molecule has 0 spiro atoms. The first-order valence-corrected chi connectivity index (χ1v) is 30.2. The molecule has 2 aliphatic heterocycles. The first kappa shape index (κ1) is 63.8. The molecule has 6 N–H and O–H groups in total. The summed E-state index contributed by atoms with van der Waals surface area (Å²) in [7, 11) is -10.8. The van der Waals surface area contributed by atoms with Crippen molar-refractivity contribution in [2.24, 2.45) is 5.92 Å². The number of epoxide rings is 1. The fourth-order valence-electron chi connectivity index (χ4n) is 8.59. The molecule has 72 heavy (non-hydrogen) atoms. The summed E-state index contributed by atoms with van der Waals surface area (Å²) in [4.78, 5) is 62.0. The van der Waals surface area contributed by atoms with E-state index in [2.05, 4.69) is 42.2 Å². The van der Waals surface area contributed by atoms with Gasteiger partial charge in [-0.05, 0) is 50.5 Å². The van der Waals surface area contributed by atoms with Crippen molar-refractivity contribution in [3.05, 3.63) is 34.9 Å². The second-order valence-electron chi connectivity index (χ2n) is 19.7. The lowest BCUT2D eigenvalue weighted by atomic mass is 9.99. The molecule has 1 aromatic rings. The standard InChI is InChI=1S/C51H91N3O16P2/c1-4-6-25-31-42-43(68-42)32-27-22-18-15-16-19-23-28-33-46(55)64-37-41(67-47(56)34-29-24-20-14-12-10-8-7-9-11-13-17-21-26-30-40(3)5-2)38-65-71(60,61)70-72(62,63)66-39-44-48(57)49(58)50(69-44)54-36-35-45(52)53-51(54)59/h22,27,35-36,40-44,48-50,57-58H,4-21,23-26,28-34,37-39H2,1-3H3,(H,60,61)(H,62,63)(H2,52,53,59)/b27-22-/t40?,41-,42?,43?,44-,48-,49-,50-/m1/s1. The van der Waals surface area contributed by atoms with E-state index in [9.17, 15) is 43.5 Å². The fourth-order valence-corrected chi connectivity index (χ4v) is 10.7. The Kier molecular flexibility index (Phi) is 32.3. The number of hydrogen-bond donors (Lipinski definition) is 5. The van der Waals surface area contributed by atoms with Gasteiger partial charge in [-0.25, -0.2) is 13.9 Å². The molecule has 0 aliphatic carbocycles. The predicted octanol–water partition coefficient (Wildman–Crippen LogP) is 10.5. The molecule has 1 aromatic heterocycles. The van der Waals surface area contributed by atoms with Crippen LogP contribution in [0.2, 0.25) is 0 Å². The highest BCUT2D eigenvalue weighted by Crippen LogP contribution is 2.60. The van der Waals surface area contributed by atoms with E-state index in [1.165, 1.54) is 102 Å². The first-order valence-electron chi connectivity index (χ1n) is 27.2. The summed E-state index contributed by atoms with van der Waals surface area (Å²) in [6.45, 7) is 4.49. The molecule has 2 saturated heterocycles. The van der Waals surface area contributed by atoms with Gasteiger partial charge in [0.1, 0.15) is 30.7 Å². The van der Waals surface area contributed by atoms with Gasteiger partial charge in [-0.15, -0.1) is 0 Å². The molecule has 19 nitrogen and oxygen atoms in total. The number of nitrogens with two attached hydrogens (primary N) is 1. The van der Waals surface area contributed by atoms with Gasteiger partial charge in [0.05, 0.1) is 25.4 Å². The van der Waals surface area contributed by atoms with E-state index >= 15 is 0 Å². The van der Waals surface area contributed by atoms with Crippen molar-refractivity contribution in [3.8, 4) is 0 Å². The van der Waals surface area contributed by atoms with Crippen molar-refractivity contribution in [2.75, 3.05) is 25.6 Å². The van der Waals surface area contributed by atoms with Crippen LogP contribution in [0, 0.1) is 5.92 Å². The number of unbranched alkanes of at least 4 members (excludes halogenated alkanes) is 20. The molecule has 5 unspecified atom stereocenters. The molecule has 10 atom stereocenters. The maximum Gasteiger partial charge on any atom is 0.481 e. The zero-order chi connectivity index (χ0) is 52.6. The van der Waals surface area contributed by atoms with Gasteiger partial charge in [-0.1, -0.05) is 168 Å². The van der Waals surface area contributed by atoms with Crippen LogP contribution in [0.25, 0.3) is 0 Å². The van der Waals surface area contributed by atoms with Crippen molar-refractivity contribution < 1.29 is 71.0 Å². The van der Waals surface area contributed by atoms with E-state index in [1.807, 2.05) is 0 Å². The number of phosphoric ester groups is 2. The number of rotatable bonds is 44. The van der Waals surface area contributed by atoms with E-state index in [1.54, 1.807) is 0 Å². The maximum absolute atomic E-state index is 12.9. The fraction of sp³-hybridized carbons (Fsp3) is 0.843. The normalized spacial score (nSPS) is 22.4. The minimum atomic E-state index is -5.43. The van der Waals surface area contributed by atoms with Crippen LogP contribution >= 0.6 is 15.6 Å². The largest absolute Gasteiger partial charge is 0.481 e. The molecular formula is C51H91N3O16P2. The predicted molar refractivity (Wildman–Crippen MR) is 275 cm³/mol. The number of phosphoric acid groups is 2. The molecule has 3 rings (SSSR count). The average Bonchev–Trinajstić information content (AvgIpc) is 4.03. The van der Waals surface area contributed by atoms with Crippen LogP contribution in [0.15, 0.2) is 29.2 Å². The number of nitrogens with zero attached hydrogens (tertiary/aromatic N) is 2. The SMILES string of the molecule is CCCCCC1OC1C/C=C\CCCCCCCC(=O)OC[C@H](COP(=O)(O)OP(=O)(O)OC[C@H]1O[C@@H](n2ccc(N)nc2=O)[C@H](O)[C@@H]1O)OC(=O)CCCCCCCCCCCCCCCCC(C)CC. The number of aliphatic hydroxyl groups excluding tert-OH is 2. The topological polar surface area (TPSA) is 278 Å². The van der Waals surface area contributed by atoms with E-state index in [-0.39, 0.29) is 18.7 Å². The quantitative estimate of drug-likeness (QED) is 0.0134. The number of anilines is 1. The van der Waals surface area contributed by atoms with E-state index in [4.69, 9.17) is 33.7 Å². The van der Waals surface area contributed by atoms with Crippen molar-refractivity contribution >= 4 is 33.4 Å². The molecule has 0 saturated carbocycles. The summed E-state index contributed by atoms with van der Waals surface area (Å²) in [5.74, 6) is -0.463. The van der Waals surface area contributed by atoms with Crippen LogP contribution < -0.4 is 11.4 Å². The van der Waals surface area contributed by atoms with Crippen molar-refractivity contribution in [3.63, 3.8) is 0 Å². The lowest BCUT2D eigenvalue weighted by Gasteiger charge is -2.21. The zero-order valence-corrected chi connectivity index (χ0v) is 45.4. The van der Waals surface area contributed by atoms with Crippen LogP contribution in [0.4, 0.5) is 5.82 Å². The zero-order valence-electron chi connectivity index (χ0n) is 43.6. The number of carbonyl (C=O) groups excluding carboxylic acids is 2. The molecule has 2 fully saturated rings. The number of aliphatic hydroxyl groups is 2. The van der Waals surface area contributed by atoms with Gasteiger partial charge in [0.25, 0.3) is 0 Å². The van der Waals surface area contributed by atoms with Gasteiger partial charge in [0, 0.05) is 19.0 Å². The Labute approximate surface area is 428 Å². The highest BCUT2D eigenvalue weighted by Gasteiger charge is 2.46. The smallest absolute Gasteiger partial charge is 0.462 e. The second kappa shape index (κ2) is 36.4. The van der Waals surface area contributed by atoms with E-state index in [0.717, 1.165) is 81.1 Å².